The summed E-state index contributed by atoms with van der Waals surface area (Å²) in [5, 5.41) is 0. The number of carbonyl (C=O) groups excluding carboxylic acids is 1. The van der Waals surface area contributed by atoms with Crippen molar-refractivity contribution in [2.75, 3.05) is 33.0 Å². The number of phosphoric acid groups is 1. The van der Waals surface area contributed by atoms with Crippen molar-refractivity contribution in [3.05, 3.63) is 12.2 Å². The topological polar surface area (TPSA) is 117 Å². The molecule has 0 saturated heterocycles. The highest BCUT2D eigenvalue weighted by atomic mass is 31.2. The first-order chi connectivity index (χ1) is 25.4. The third-order valence-electron chi connectivity index (χ3n) is 9.68. The standard InChI is InChI=1S/C43H86NO7P/c1-3-5-7-9-11-13-15-17-18-19-20-21-22-23-24-25-26-28-30-32-34-36-43(45)51-42(41-50-52(46,47)49-39-37-44)40-48-38-35-33-31-29-27-16-14-12-10-8-6-4-2/h10,12,42H,3-9,11,13-41,44H2,1-2H3,(H,46,47)/b12-10-. The number of carbonyl (C=O) groups is 1. The SMILES string of the molecule is CCCC/C=C\CCCCCCCCOCC(COP(=O)(O)OCCN)OC(=O)CCCCCCCCCCCCCCCCCCCCCCC. The van der Waals surface area contributed by atoms with Gasteiger partial charge >= 0.3 is 13.8 Å². The van der Waals surface area contributed by atoms with Crippen LogP contribution in [0.2, 0.25) is 0 Å². The second-order valence-corrected chi connectivity index (χ2v) is 16.4. The molecule has 0 heterocycles. The molecule has 0 aromatic rings. The second kappa shape index (κ2) is 41.4. The quantitative estimate of drug-likeness (QED) is 0.0273. The average molecular weight is 760 g/mol. The Morgan fingerprint density at radius 2 is 0.981 bits per heavy atom. The van der Waals surface area contributed by atoms with Gasteiger partial charge in [0.1, 0.15) is 6.10 Å². The smallest absolute Gasteiger partial charge is 0.457 e. The zero-order valence-corrected chi connectivity index (χ0v) is 35.2. The molecule has 0 aliphatic heterocycles. The van der Waals surface area contributed by atoms with Crippen LogP contribution in [-0.2, 0) is 27.9 Å². The summed E-state index contributed by atoms with van der Waals surface area (Å²) in [6.45, 7) is 4.92. The van der Waals surface area contributed by atoms with Crippen LogP contribution in [0.4, 0.5) is 0 Å². The molecule has 0 rings (SSSR count). The number of hydrogen-bond acceptors (Lipinski definition) is 7. The molecule has 0 radical (unpaired) electrons. The minimum absolute atomic E-state index is 0.0934. The number of rotatable bonds is 43. The van der Waals surface area contributed by atoms with Crippen LogP contribution < -0.4 is 5.73 Å². The fourth-order valence-electron chi connectivity index (χ4n) is 6.39. The lowest BCUT2D eigenvalue weighted by Crippen LogP contribution is -2.28. The Bertz CT molecular complexity index is 812. The van der Waals surface area contributed by atoms with E-state index in [2.05, 4.69) is 26.0 Å². The normalized spacial score (nSPS) is 13.5. The third-order valence-corrected chi connectivity index (χ3v) is 10.7. The van der Waals surface area contributed by atoms with Gasteiger partial charge in [-0.25, -0.2) is 4.57 Å². The highest BCUT2D eigenvalue weighted by molar-refractivity contribution is 7.47. The van der Waals surface area contributed by atoms with Crippen molar-refractivity contribution in [3.8, 4) is 0 Å². The molecule has 2 atom stereocenters. The molecule has 310 valence electrons. The van der Waals surface area contributed by atoms with Gasteiger partial charge in [-0.3, -0.25) is 13.8 Å². The lowest BCUT2D eigenvalue weighted by atomic mass is 10.0. The van der Waals surface area contributed by atoms with Gasteiger partial charge in [0.15, 0.2) is 0 Å². The van der Waals surface area contributed by atoms with Gasteiger partial charge in [0, 0.05) is 19.6 Å². The number of phosphoric ester groups is 1. The van der Waals surface area contributed by atoms with Crippen LogP contribution in [-0.4, -0.2) is 49.9 Å². The van der Waals surface area contributed by atoms with Crippen LogP contribution in [0.25, 0.3) is 0 Å². The van der Waals surface area contributed by atoms with E-state index in [0.29, 0.717) is 13.0 Å². The summed E-state index contributed by atoms with van der Waals surface area (Å²) in [5.41, 5.74) is 5.37. The van der Waals surface area contributed by atoms with Gasteiger partial charge in [-0.1, -0.05) is 193 Å². The lowest BCUT2D eigenvalue weighted by Gasteiger charge is -2.20. The Hall–Kier alpha value is -0.760. The molecule has 8 nitrogen and oxygen atoms in total. The molecule has 0 aliphatic rings. The van der Waals surface area contributed by atoms with Crippen molar-refractivity contribution >= 4 is 13.8 Å². The molecule has 0 bridgehead atoms. The minimum atomic E-state index is -4.27. The van der Waals surface area contributed by atoms with Crippen molar-refractivity contribution in [2.24, 2.45) is 5.73 Å². The maximum absolute atomic E-state index is 12.6. The van der Waals surface area contributed by atoms with Crippen LogP contribution in [0.3, 0.4) is 0 Å². The Morgan fingerprint density at radius 1 is 0.558 bits per heavy atom. The summed E-state index contributed by atoms with van der Waals surface area (Å²) in [5.74, 6) is -0.328. The van der Waals surface area contributed by atoms with Gasteiger partial charge in [0.2, 0.25) is 0 Å². The fourth-order valence-corrected chi connectivity index (χ4v) is 7.16. The van der Waals surface area contributed by atoms with E-state index in [1.807, 2.05) is 0 Å². The molecule has 3 N–H and O–H groups in total. The van der Waals surface area contributed by atoms with Crippen molar-refractivity contribution in [1.82, 2.24) is 0 Å². The number of unbranched alkanes of at least 4 members (excludes halogenated alkanes) is 28. The molecule has 2 unspecified atom stereocenters. The summed E-state index contributed by atoms with van der Waals surface area (Å²) in [4.78, 5) is 22.5. The van der Waals surface area contributed by atoms with Crippen molar-refractivity contribution in [2.45, 2.75) is 225 Å². The first-order valence-electron chi connectivity index (χ1n) is 22.2. The van der Waals surface area contributed by atoms with Crippen molar-refractivity contribution in [3.63, 3.8) is 0 Å². The highest BCUT2D eigenvalue weighted by Crippen LogP contribution is 2.43. The maximum Gasteiger partial charge on any atom is 0.472 e. The minimum Gasteiger partial charge on any atom is -0.457 e. The van der Waals surface area contributed by atoms with Crippen LogP contribution in [0.1, 0.15) is 219 Å². The summed E-state index contributed by atoms with van der Waals surface area (Å²) in [6.07, 6.45) is 43.8. The molecule has 0 aromatic carbocycles. The molecule has 0 aromatic heterocycles. The maximum atomic E-state index is 12.6. The molecule has 0 spiro atoms. The molecular formula is C43H86NO7P. The average Bonchev–Trinajstić information content (AvgIpc) is 3.13. The zero-order valence-electron chi connectivity index (χ0n) is 34.3. The predicted molar refractivity (Wildman–Crippen MR) is 220 cm³/mol. The first kappa shape index (κ1) is 51.2. The summed E-state index contributed by atoms with van der Waals surface area (Å²) < 4.78 is 33.4. The Balaban J connectivity index is 3.92. The van der Waals surface area contributed by atoms with Crippen LogP contribution >= 0.6 is 7.82 Å². The van der Waals surface area contributed by atoms with Gasteiger partial charge in [-0.05, 0) is 32.1 Å². The van der Waals surface area contributed by atoms with Crippen LogP contribution in [0.5, 0.6) is 0 Å². The van der Waals surface area contributed by atoms with Crippen LogP contribution in [0.15, 0.2) is 12.2 Å². The van der Waals surface area contributed by atoms with E-state index < -0.39 is 13.9 Å². The van der Waals surface area contributed by atoms with Crippen molar-refractivity contribution in [1.29, 1.82) is 0 Å². The first-order valence-corrected chi connectivity index (χ1v) is 23.7. The lowest BCUT2D eigenvalue weighted by molar-refractivity contribution is -0.154. The molecule has 0 amide bonds. The van der Waals surface area contributed by atoms with E-state index in [9.17, 15) is 14.3 Å². The number of allylic oxidation sites excluding steroid dienone is 2. The van der Waals surface area contributed by atoms with Gasteiger partial charge < -0.3 is 20.1 Å². The fraction of sp³-hybridized carbons (Fsp3) is 0.930. The number of esters is 1. The Morgan fingerprint density at radius 3 is 1.46 bits per heavy atom. The number of nitrogens with two attached hydrogens (primary N) is 1. The van der Waals surface area contributed by atoms with Gasteiger partial charge in [0.25, 0.3) is 0 Å². The van der Waals surface area contributed by atoms with Crippen molar-refractivity contribution < 1.29 is 32.8 Å². The summed E-state index contributed by atoms with van der Waals surface area (Å²) in [7, 11) is -4.27. The predicted octanol–water partition coefficient (Wildman–Crippen LogP) is 13.1. The molecule has 0 aliphatic carbocycles. The largest absolute Gasteiger partial charge is 0.472 e. The Kier molecular flexibility index (Phi) is 40.8. The molecule has 52 heavy (non-hydrogen) atoms. The molecule has 0 saturated carbocycles. The van der Waals surface area contributed by atoms with Gasteiger partial charge in [-0.15, -0.1) is 0 Å². The molecule has 9 heteroatoms. The van der Waals surface area contributed by atoms with Crippen LogP contribution in [0, 0.1) is 0 Å². The second-order valence-electron chi connectivity index (χ2n) is 14.9. The van der Waals surface area contributed by atoms with Gasteiger partial charge in [-0.2, -0.15) is 0 Å². The van der Waals surface area contributed by atoms with E-state index in [1.165, 1.54) is 167 Å². The summed E-state index contributed by atoms with van der Waals surface area (Å²) >= 11 is 0. The highest BCUT2D eigenvalue weighted by Gasteiger charge is 2.25. The molecular weight excluding hydrogens is 673 g/mol. The number of hydrogen-bond donors (Lipinski definition) is 2. The summed E-state index contributed by atoms with van der Waals surface area (Å²) in [6, 6.07) is 0. The molecule has 0 fully saturated rings. The zero-order chi connectivity index (χ0) is 38.1. The van der Waals surface area contributed by atoms with E-state index in [-0.39, 0.29) is 32.3 Å². The third kappa shape index (κ3) is 40.4. The number of ether oxygens (including phenoxy) is 2. The van der Waals surface area contributed by atoms with E-state index in [0.717, 1.165) is 32.1 Å². The van der Waals surface area contributed by atoms with E-state index >= 15 is 0 Å². The van der Waals surface area contributed by atoms with E-state index in [4.69, 9.17) is 24.3 Å². The van der Waals surface area contributed by atoms with Gasteiger partial charge in [0.05, 0.1) is 19.8 Å². The van der Waals surface area contributed by atoms with E-state index in [1.54, 1.807) is 0 Å². The monoisotopic (exact) mass is 760 g/mol. The Labute approximate surface area is 322 Å².